The van der Waals surface area contributed by atoms with Crippen LogP contribution in [-0.2, 0) is 10.8 Å². The minimum Gasteiger partial charge on any atom is -0.144 e. The first-order valence-corrected chi connectivity index (χ1v) is 11.6. The molecule has 2 aromatic carbocycles. The van der Waals surface area contributed by atoms with Gasteiger partial charge in [0.2, 0.25) is 0 Å². The summed E-state index contributed by atoms with van der Waals surface area (Å²) in [7, 11) is 0. The maximum absolute atomic E-state index is 2.45. The molecule has 2 heterocycles. The van der Waals surface area contributed by atoms with E-state index in [0.29, 0.717) is 0 Å². The smallest absolute Gasteiger partial charge is 0.0351 e. The Morgan fingerprint density at radius 3 is 1.82 bits per heavy atom. The highest BCUT2D eigenvalue weighted by molar-refractivity contribution is 7.14. The third-order valence-electron chi connectivity index (χ3n) is 5.37. The summed E-state index contributed by atoms with van der Waals surface area (Å²) in [5.74, 6) is 0. The Hall–Kier alpha value is -1.90. The van der Waals surface area contributed by atoms with E-state index >= 15 is 0 Å². The van der Waals surface area contributed by atoms with Crippen molar-refractivity contribution in [1.82, 2.24) is 0 Å². The highest BCUT2D eigenvalue weighted by Crippen LogP contribution is 2.45. The lowest BCUT2D eigenvalue weighted by Gasteiger charge is -2.27. The molecule has 0 radical (unpaired) electrons. The fraction of sp³-hybridized carbons (Fsp3) is 0.308. The Bertz CT molecular complexity index is 1100. The van der Waals surface area contributed by atoms with Gasteiger partial charge in [-0.05, 0) is 73.3 Å². The van der Waals surface area contributed by atoms with Gasteiger partial charge in [-0.15, -0.1) is 22.7 Å². The molecule has 2 aromatic heterocycles. The average Bonchev–Trinajstić information content (AvgIpc) is 3.32. The van der Waals surface area contributed by atoms with Crippen molar-refractivity contribution in [2.75, 3.05) is 0 Å². The highest BCUT2D eigenvalue weighted by Gasteiger charge is 2.25. The van der Waals surface area contributed by atoms with Crippen LogP contribution in [0.5, 0.6) is 0 Å². The zero-order valence-electron chi connectivity index (χ0n) is 17.6. The van der Waals surface area contributed by atoms with Crippen molar-refractivity contribution >= 4 is 33.4 Å². The molecule has 0 bridgehead atoms. The summed E-state index contributed by atoms with van der Waals surface area (Å²) >= 11 is 3.67. The fourth-order valence-electron chi connectivity index (χ4n) is 3.80. The molecular weight excluding hydrogens is 376 g/mol. The lowest BCUT2D eigenvalue weighted by Crippen LogP contribution is -2.14. The molecule has 0 fully saturated rings. The van der Waals surface area contributed by atoms with Gasteiger partial charge >= 0.3 is 0 Å². The number of hydrogen-bond donors (Lipinski definition) is 0. The van der Waals surface area contributed by atoms with Crippen LogP contribution >= 0.6 is 22.7 Å². The molecule has 0 aliphatic carbocycles. The van der Waals surface area contributed by atoms with Crippen LogP contribution in [0.1, 0.15) is 52.7 Å². The molecular formula is C26H28S2. The van der Waals surface area contributed by atoms with E-state index < -0.39 is 0 Å². The third-order valence-corrected chi connectivity index (χ3v) is 7.16. The monoisotopic (exact) mass is 404 g/mol. The van der Waals surface area contributed by atoms with Crippen LogP contribution < -0.4 is 0 Å². The van der Waals surface area contributed by atoms with Crippen LogP contribution in [0.3, 0.4) is 0 Å². The van der Waals surface area contributed by atoms with E-state index in [-0.39, 0.29) is 10.8 Å². The Kier molecular flexibility index (Phi) is 4.76. The Labute approximate surface area is 176 Å². The van der Waals surface area contributed by atoms with Crippen LogP contribution in [-0.4, -0.2) is 0 Å². The van der Waals surface area contributed by atoms with Crippen molar-refractivity contribution in [1.29, 1.82) is 0 Å². The van der Waals surface area contributed by atoms with E-state index in [9.17, 15) is 0 Å². The van der Waals surface area contributed by atoms with Gasteiger partial charge in [0.25, 0.3) is 0 Å². The molecule has 2 heteroatoms. The summed E-state index contributed by atoms with van der Waals surface area (Å²) in [5, 5.41) is 7.10. The van der Waals surface area contributed by atoms with Crippen LogP contribution in [0.4, 0.5) is 0 Å². The van der Waals surface area contributed by atoms with Crippen LogP contribution in [0, 0.1) is 0 Å². The third kappa shape index (κ3) is 3.44. The predicted molar refractivity (Wildman–Crippen MR) is 128 cm³/mol. The van der Waals surface area contributed by atoms with Gasteiger partial charge in [0.1, 0.15) is 0 Å². The van der Waals surface area contributed by atoms with Crippen LogP contribution in [0.15, 0.2) is 59.3 Å². The second-order valence-electron chi connectivity index (χ2n) is 9.56. The fourth-order valence-corrected chi connectivity index (χ4v) is 5.36. The molecule has 0 spiro atoms. The second-order valence-corrected chi connectivity index (χ2v) is 11.5. The summed E-state index contributed by atoms with van der Waals surface area (Å²) in [6, 6.07) is 18.4. The topological polar surface area (TPSA) is 0 Å². The molecule has 0 aliphatic rings. The minimum atomic E-state index is 0.0716. The van der Waals surface area contributed by atoms with E-state index in [1.165, 1.54) is 42.8 Å². The van der Waals surface area contributed by atoms with Gasteiger partial charge in [0.05, 0.1) is 0 Å². The summed E-state index contributed by atoms with van der Waals surface area (Å²) < 4.78 is 0. The van der Waals surface area contributed by atoms with E-state index in [1.807, 2.05) is 22.7 Å². The molecule has 0 aliphatic heterocycles. The first kappa shape index (κ1) is 19.4. The molecule has 0 unspecified atom stereocenters. The van der Waals surface area contributed by atoms with Crippen LogP contribution in [0.25, 0.3) is 31.7 Å². The SMILES string of the molecule is CC(C)(C)c1ccc2c(-c3cccs3)c(C(C)(C)C)cc(-c3cccs3)c2c1. The Morgan fingerprint density at radius 1 is 0.643 bits per heavy atom. The molecule has 0 N–H and O–H groups in total. The van der Waals surface area contributed by atoms with Crippen LogP contribution in [0.2, 0.25) is 0 Å². The number of fused-ring (bicyclic) bond motifs is 1. The number of benzene rings is 2. The Balaban J connectivity index is 2.17. The Morgan fingerprint density at radius 2 is 1.29 bits per heavy atom. The molecule has 0 saturated carbocycles. The second kappa shape index (κ2) is 6.86. The van der Waals surface area contributed by atoms with Crippen molar-refractivity contribution in [3.05, 3.63) is 70.4 Å². The van der Waals surface area contributed by atoms with Crippen molar-refractivity contribution in [2.24, 2.45) is 0 Å². The first-order valence-electron chi connectivity index (χ1n) is 9.86. The summed E-state index contributed by atoms with van der Waals surface area (Å²) in [4.78, 5) is 2.70. The summed E-state index contributed by atoms with van der Waals surface area (Å²) in [6.45, 7) is 13.9. The standard InChI is InChI=1S/C26H28S2/c1-25(2,3)17-11-12-18-19(15-17)20(22-9-7-13-27-22)16-21(26(4,5)6)24(18)23-10-8-14-28-23/h7-16H,1-6H3. The summed E-state index contributed by atoms with van der Waals surface area (Å²) in [6.07, 6.45) is 0. The van der Waals surface area contributed by atoms with Gasteiger partial charge in [0.15, 0.2) is 0 Å². The zero-order chi connectivity index (χ0) is 20.1. The number of rotatable bonds is 2. The van der Waals surface area contributed by atoms with Gasteiger partial charge in [-0.25, -0.2) is 0 Å². The van der Waals surface area contributed by atoms with Gasteiger partial charge < -0.3 is 0 Å². The molecule has 4 rings (SSSR count). The molecule has 0 amide bonds. The molecule has 144 valence electrons. The molecule has 4 aromatic rings. The maximum Gasteiger partial charge on any atom is 0.0351 e. The molecule has 0 atom stereocenters. The largest absolute Gasteiger partial charge is 0.144 e. The number of hydrogen-bond acceptors (Lipinski definition) is 2. The quantitative estimate of drug-likeness (QED) is 0.313. The minimum absolute atomic E-state index is 0.0716. The highest BCUT2D eigenvalue weighted by atomic mass is 32.1. The summed E-state index contributed by atoms with van der Waals surface area (Å²) in [5.41, 5.74) is 5.78. The maximum atomic E-state index is 2.45. The first-order chi connectivity index (χ1) is 13.2. The van der Waals surface area contributed by atoms with Crippen molar-refractivity contribution in [3.63, 3.8) is 0 Å². The van der Waals surface area contributed by atoms with Crippen molar-refractivity contribution < 1.29 is 0 Å². The number of thiophene rings is 2. The molecule has 0 saturated heterocycles. The predicted octanol–water partition coefficient (Wildman–Crippen LogP) is 8.89. The normalized spacial score (nSPS) is 12.6. The average molecular weight is 405 g/mol. The van der Waals surface area contributed by atoms with Gasteiger partial charge in [-0.2, -0.15) is 0 Å². The molecule has 28 heavy (non-hydrogen) atoms. The van der Waals surface area contributed by atoms with E-state index in [4.69, 9.17) is 0 Å². The van der Waals surface area contributed by atoms with E-state index in [0.717, 1.165) is 0 Å². The van der Waals surface area contributed by atoms with E-state index in [1.54, 1.807) is 0 Å². The van der Waals surface area contributed by atoms with Gasteiger partial charge in [0, 0.05) is 15.3 Å². The van der Waals surface area contributed by atoms with Gasteiger partial charge in [-0.1, -0.05) is 65.8 Å². The zero-order valence-corrected chi connectivity index (χ0v) is 19.2. The lowest BCUT2D eigenvalue weighted by molar-refractivity contribution is 0.590. The van der Waals surface area contributed by atoms with Crippen molar-refractivity contribution in [3.8, 4) is 20.9 Å². The lowest BCUT2D eigenvalue weighted by atomic mass is 9.78. The molecule has 0 nitrogen and oxygen atoms in total. The van der Waals surface area contributed by atoms with Gasteiger partial charge in [-0.3, -0.25) is 0 Å². The van der Waals surface area contributed by atoms with E-state index in [2.05, 4.69) is 101 Å². The van der Waals surface area contributed by atoms with Crippen molar-refractivity contribution in [2.45, 2.75) is 52.4 Å².